The third kappa shape index (κ3) is 2.72. The van der Waals surface area contributed by atoms with Gasteiger partial charge in [-0.15, -0.1) is 0 Å². The largest absolute Gasteiger partial charge is 0.290 e. The molecule has 0 aromatic heterocycles. The van der Waals surface area contributed by atoms with Gasteiger partial charge in [0.1, 0.15) is 6.67 Å². The number of imide groups is 1. The highest BCUT2D eigenvalue weighted by Gasteiger charge is 2.67. The molecule has 2 saturated carbocycles. The molecule has 31 heavy (non-hydrogen) atoms. The van der Waals surface area contributed by atoms with E-state index in [0.29, 0.717) is 23.1 Å². The molecule has 2 bridgehead atoms. The zero-order valence-corrected chi connectivity index (χ0v) is 17.3. The van der Waals surface area contributed by atoms with E-state index >= 15 is 0 Å². The molecule has 6 atom stereocenters. The van der Waals surface area contributed by atoms with E-state index in [1.165, 1.54) is 4.90 Å². The summed E-state index contributed by atoms with van der Waals surface area (Å²) in [4.78, 5) is 43.2. The van der Waals surface area contributed by atoms with Crippen molar-refractivity contribution < 1.29 is 14.4 Å². The highest BCUT2D eigenvalue weighted by atomic mass is 16.2. The number of carbonyl (C=O) groups excluding carboxylic acids is 3. The minimum atomic E-state index is -0.252. The van der Waals surface area contributed by atoms with Gasteiger partial charge in [-0.3, -0.25) is 24.2 Å². The maximum Gasteiger partial charge on any atom is 0.259 e. The van der Waals surface area contributed by atoms with Gasteiger partial charge in [-0.05, 0) is 66.8 Å². The summed E-state index contributed by atoms with van der Waals surface area (Å²) in [5.41, 5.74) is 2.23. The topological polar surface area (TPSA) is 57.7 Å². The Morgan fingerprint density at radius 2 is 1.58 bits per heavy atom. The number of rotatable bonds is 4. The van der Waals surface area contributed by atoms with Crippen LogP contribution >= 0.6 is 0 Å². The predicted octanol–water partition coefficient (Wildman–Crippen LogP) is 3.65. The maximum atomic E-state index is 13.4. The summed E-state index contributed by atoms with van der Waals surface area (Å²) < 4.78 is 0. The quantitative estimate of drug-likeness (QED) is 0.569. The molecule has 2 aromatic carbocycles. The van der Waals surface area contributed by atoms with Gasteiger partial charge < -0.3 is 0 Å². The first-order chi connectivity index (χ1) is 15.0. The molecule has 3 fully saturated rings. The lowest BCUT2D eigenvalue weighted by Gasteiger charge is -2.37. The van der Waals surface area contributed by atoms with Crippen LogP contribution in [0, 0.1) is 42.4 Å². The Labute approximate surface area is 181 Å². The van der Waals surface area contributed by atoms with Gasteiger partial charge in [-0.25, -0.2) is 0 Å². The molecule has 1 heterocycles. The fourth-order valence-electron chi connectivity index (χ4n) is 6.10. The molecule has 1 saturated heterocycles. The fourth-order valence-corrected chi connectivity index (χ4v) is 6.10. The lowest BCUT2D eigenvalue weighted by molar-refractivity contribution is -0.140. The molecule has 3 amide bonds. The number of amides is 3. The average Bonchev–Trinajstić information content (AvgIpc) is 3.57. The summed E-state index contributed by atoms with van der Waals surface area (Å²) in [7, 11) is 0. The Morgan fingerprint density at radius 1 is 0.935 bits per heavy atom. The second kappa shape index (κ2) is 6.64. The van der Waals surface area contributed by atoms with Gasteiger partial charge in [-0.2, -0.15) is 0 Å². The van der Waals surface area contributed by atoms with Gasteiger partial charge in [0, 0.05) is 11.3 Å². The van der Waals surface area contributed by atoms with Crippen molar-refractivity contribution in [3.63, 3.8) is 0 Å². The van der Waals surface area contributed by atoms with Crippen LogP contribution in [0.3, 0.4) is 0 Å². The summed E-state index contributed by atoms with van der Waals surface area (Å²) in [5, 5.41) is 0. The van der Waals surface area contributed by atoms with Crippen molar-refractivity contribution in [1.29, 1.82) is 0 Å². The number of allylic oxidation sites excluding steroid dienone is 2. The van der Waals surface area contributed by atoms with Gasteiger partial charge in [0.15, 0.2) is 0 Å². The fraction of sp³-hybridized carbons (Fsp3) is 0.346. The van der Waals surface area contributed by atoms with Gasteiger partial charge in [0.05, 0.1) is 11.8 Å². The number of nitrogens with zero attached hydrogens (tertiary/aromatic N) is 2. The molecule has 2 aromatic rings. The first-order valence-corrected chi connectivity index (χ1v) is 11.0. The van der Waals surface area contributed by atoms with Crippen molar-refractivity contribution in [2.24, 2.45) is 35.5 Å². The van der Waals surface area contributed by atoms with Crippen molar-refractivity contribution in [1.82, 2.24) is 4.90 Å². The SMILES string of the molecule is Cc1cccc(N(CN2C(=O)[C@H]3[C@@H]4C=C[C@@H]([C@H]5C[C@H]45)[C@@H]3C2=O)C(=O)c2ccccc2)c1. The Bertz CT molecular complexity index is 1090. The van der Waals surface area contributed by atoms with Crippen LogP contribution < -0.4 is 4.90 Å². The minimum absolute atomic E-state index is 0.0450. The average molecular weight is 412 g/mol. The van der Waals surface area contributed by atoms with Crippen molar-refractivity contribution in [2.45, 2.75) is 13.3 Å². The molecule has 0 unspecified atom stereocenters. The van der Waals surface area contributed by atoms with E-state index in [1.807, 2.05) is 49.4 Å². The second-order valence-corrected chi connectivity index (χ2v) is 9.34. The van der Waals surface area contributed by atoms with Crippen LogP contribution in [0.4, 0.5) is 5.69 Å². The molecule has 7 rings (SSSR count). The Kier molecular flexibility index (Phi) is 3.98. The van der Waals surface area contributed by atoms with Crippen LogP contribution in [0.2, 0.25) is 0 Å². The first kappa shape index (κ1) is 18.6. The van der Waals surface area contributed by atoms with Crippen LogP contribution in [0.1, 0.15) is 22.3 Å². The molecule has 5 nitrogen and oxygen atoms in total. The molecule has 0 N–H and O–H groups in total. The molecule has 4 aliphatic carbocycles. The third-order valence-corrected chi connectivity index (χ3v) is 7.62. The number of hydrogen-bond donors (Lipinski definition) is 0. The van der Waals surface area contributed by atoms with E-state index in [1.54, 1.807) is 17.0 Å². The number of carbonyl (C=O) groups is 3. The van der Waals surface area contributed by atoms with E-state index < -0.39 is 0 Å². The van der Waals surface area contributed by atoms with E-state index in [0.717, 1.165) is 12.0 Å². The summed E-state index contributed by atoms with van der Waals surface area (Å²) in [6.07, 6.45) is 5.47. The van der Waals surface area contributed by atoms with E-state index in [9.17, 15) is 14.4 Å². The highest BCUT2D eigenvalue weighted by molar-refractivity contribution is 6.09. The Balaban J connectivity index is 1.35. The van der Waals surface area contributed by atoms with E-state index in [-0.39, 0.29) is 48.1 Å². The Morgan fingerprint density at radius 3 is 2.19 bits per heavy atom. The van der Waals surface area contributed by atoms with Gasteiger partial charge in [0.25, 0.3) is 5.91 Å². The molecule has 5 aliphatic rings. The standard InChI is InChI=1S/C26H24N2O3/c1-15-6-5-9-17(12-15)27(24(29)16-7-3-2-4-8-16)14-28-25(30)22-18-10-11-19(21-13-20(18)21)23(22)26(28)31/h2-12,18-23H,13-14H2,1H3/t18-,19+,20-,21-,22+,23+/m1/s1. The van der Waals surface area contributed by atoms with E-state index in [4.69, 9.17) is 0 Å². The molecular formula is C26H24N2O3. The zero-order chi connectivity index (χ0) is 21.3. The second-order valence-electron chi connectivity index (χ2n) is 9.34. The summed E-state index contributed by atoms with van der Waals surface area (Å²) in [6, 6.07) is 16.6. The normalized spacial score (nSPS) is 32.1. The van der Waals surface area contributed by atoms with Crippen molar-refractivity contribution in [3.05, 3.63) is 77.9 Å². The molecule has 156 valence electrons. The van der Waals surface area contributed by atoms with Gasteiger partial charge >= 0.3 is 0 Å². The molecule has 1 aliphatic heterocycles. The molecule has 0 radical (unpaired) electrons. The maximum absolute atomic E-state index is 13.4. The third-order valence-electron chi connectivity index (χ3n) is 7.62. The van der Waals surface area contributed by atoms with Crippen LogP contribution in [0.15, 0.2) is 66.7 Å². The van der Waals surface area contributed by atoms with Crippen LogP contribution in [0.25, 0.3) is 0 Å². The smallest absolute Gasteiger partial charge is 0.259 e. The summed E-state index contributed by atoms with van der Waals surface area (Å²) in [6.45, 7) is 1.92. The summed E-state index contributed by atoms with van der Waals surface area (Å²) in [5.74, 6) is 0.535. The Hall–Kier alpha value is -3.21. The number of anilines is 1. The molecule has 5 heteroatoms. The van der Waals surface area contributed by atoms with Crippen LogP contribution in [0.5, 0.6) is 0 Å². The first-order valence-electron chi connectivity index (χ1n) is 11.0. The predicted molar refractivity (Wildman–Crippen MR) is 116 cm³/mol. The summed E-state index contributed by atoms with van der Waals surface area (Å²) >= 11 is 0. The lowest BCUT2D eigenvalue weighted by atomic mass is 9.63. The van der Waals surface area contributed by atoms with Crippen LogP contribution in [-0.4, -0.2) is 29.3 Å². The van der Waals surface area contributed by atoms with Gasteiger partial charge in [-0.1, -0.05) is 42.5 Å². The number of benzene rings is 2. The number of likely N-dealkylation sites (tertiary alicyclic amines) is 1. The lowest BCUT2D eigenvalue weighted by Crippen LogP contribution is -2.45. The van der Waals surface area contributed by atoms with Crippen molar-refractivity contribution in [2.75, 3.05) is 11.6 Å². The van der Waals surface area contributed by atoms with E-state index in [2.05, 4.69) is 12.2 Å². The number of hydrogen-bond acceptors (Lipinski definition) is 3. The minimum Gasteiger partial charge on any atom is -0.290 e. The molecule has 0 spiro atoms. The molecular weight excluding hydrogens is 388 g/mol. The van der Waals surface area contributed by atoms with Crippen molar-refractivity contribution >= 4 is 23.4 Å². The number of aryl methyl sites for hydroxylation is 1. The van der Waals surface area contributed by atoms with Crippen LogP contribution in [-0.2, 0) is 9.59 Å². The van der Waals surface area contributed by atoms with Crippen molar-refractivity contribution in [3.8, 4) is 0 Å². The van der Waals surface area contributed by atoms with Gasteiger partial charge in [0.2, 0.25) is 11.8 Å². The monoisotopic (exact) mass is 412 g/mol. The highest BCUT2D eigenvalue weighted by Crippen LogP contribution is 2.65. The zero-order valence-electron chi connectivity index (χ0n) is 17.3.